The first-order valence-corrected chi connectivity index (χ1v) is 24.1. The second-order valence-corrected chi connectivity index (χ2v) is 18.1. The SMILES string of the molecule is Cc1cccc(NC(=O)[C@H](CCc2ccccc2)NC(=O)[C@@H](N)CCN2CCC(N)CC2)c1.NC[C@@H]1CCCN1CC[C@H](N)C(=O)N[C@@H](CCc1ccccc1)C(=O)Nc1cccc(C(F)(F)F)c1. The Morgan fingerprint density at radius 1 is 0.638 bits per heavy atom. The Hall–Kier alpha value is -5.69. The minimum atomic E-state index is -4.54. The summed E-state index contributed by atoms with van der Waals surface area (Å²) in [6.45, 7) is 6.70. The number of carbonyl (C=O) groups is 4. The average Bonchev–Trinajstić information content (AvgIpc) is 3.81. The molecule has 4 amide bonds. The van der Waals surface area contributed by atoms with Gasteiger partial charge in [0.1, 0.15) is 12.1 Å². The molecule has 69 heavy (non-hydrogen) atoms. The highest BCUT2D eigenvalue weighted by Crippen LogP contribution is 2.31. The maximum Gasteiger partial charge on any atom is 0.416 e. The van der Waals surface area contributed by atoms with Gasteiger partial charge in [0, 0.05) is 43.1 Å². The van der Waals surface area contributed by atoms with E-state index in [0.717, 1.165) is 80.7 Å². The number of rotatable bonds is 21. The third-order valence-corrected chi connectivity index (χ3v) is 12.7. The van der Waals surface area contributed by atoms with Crippen LogP contribution in [0.25, 0.3) is 0 Å². The molecule has 12 N–H and O–H groups in total. The van der Waals surface area contributed by atoms with Crippen LogP contribution in [0.5, 0.6) is 0 Å². The Morgan fingerprint density at radius 2 is 1.14 bits per heavy atom. The quantitative estimate of drug-likeness (QED) is 0.0552. The van der Waals surface area contributed by atoms with Crippen LogP contribution in [0.2, 0.25) is 0 Å². The molecule has 6 rings (SSSR count). The topological polar surface area (TPSA) is 227 Å². The summed E-state index contributed by atoms with van der Waals surface area (Å²) in [4.78, 5) is 56.3. The molecule has 2 aliphatic heterocycles. The first-order valence-electron chi connectivity index (χ1n) is 24.1. The molecule has 0 spiro atoms. The largest absolute Gasteiger partial charge is 0.416 e. The van der Waals surface area contributed by atoms with Gasteiger partial charge in [-0.05, 0) is 138 Å². The number of alkyl halides is 3. The highest BCUT2D eigenvalue weighted by atomic mass is 19.4. The van der Waals surface area contributed by atoms with Gasteiger partial charge in [0.25, 0.3) is 0 Å². The van der Waals surface area contributed by atoms with Crippen molar-refractivity contribution in [1.82, 2.24) is 20.4 Å². The molecule has 5 atom stereocenters. The van der Waals surface area contributed by atoms with E-state index in [9.17, 15) is 32.3 Å². The zero-order chi connectivity index (χ0) is 49.8. The van der Waals surface area contributed by atoms with Crippen molar-refractivity contribution in [2.75, 3.05) is 49.9 Å². The van der Waals surface area contributed by atoms with Crippen molar-refractivity contribution >= 4 is 35.0 Å². The summed E-state index contributed by atoms with van der Waals surface area (Å²) in [5.74, 6) is -1.60. The first kappa shape index (κ1) is 54.3. The molecule has 0 aliphatic carbocycles. The van der Waals surface area contributed by atoms with E-state index in [2.05, 4.69) is 31.1 Å². The number of carbonyl (C=O) groups excluding carboxylic acids is 4. The molecule has 0 bridgehead atoms. The van der Waals surface area contributed by atoms with E-state index in [4.69, 9.17) is 22.9 Å². The van der Waals surface area contributed by atoms with Gasteiger partial charge in [0.2, 0.25) is 23.6 Å². The van der Waals surface area contributed by atoms with Crippen LogP contribution in [-0.2, 0) is 38.2 Å². The molecule has 14 nitrogen and oxygen atoms in total. The van der Waals surface area contributed by atoms with Crippen LogP contribution < -0.4 is 44.2 Å². The lowest BCUT2D eigenvalue weighted by Gasteiger charge is -2.30. The minimum absolute atomic E-state index is 0.0000525. The van der Waals surface area contributed by atoms with Crippen molar-refractivity contribution < 1.29 is 32.3 Å². The summed E-state index contributed by atoms with van der Waals surface area (Å²) in [5.41, 5.74) is 27.1. The number of aryl methyl sites for hydroxylation is 3. The predicted octanol–water partition coefficient (Wildman–Crippen LogP) is 5.09. The molecule has 0 aromatic heterocycles. The van der Waals surface area contributed by atoms with E-state index >= 15 is 0 Å². The summed E-state index contributed by atoms with van der Waals surface area (Å²) < 4.78 is 39.2. The van der Waals surface area contributed by atoms with Crippen molar-refractivity contribution in [2.45, 2.75) is 114 Å². The normalized spacial score (nSPS) is 17.4. The fourth-order valence-electron chi connectivity index (χ4n) is 8.48. The molecule has 4 aromatic rings. The highest BCUT2D eigenvalue weighted by Gasteiger charge is 2.32. The number of nitrogens with zero attached hydrogens (tertiary/aromatic N) is 2. The summed E-state index contributed by atoms with van der Waals surface area (Å²) in [6.07, 6.45) is 2.36. The second kappa shape index (κ2) is 27.5. The number of hydrogen-bond donors (Lipinski definition) is 8. The average molecular weight is 957 g/mol. The number of amides is 4. The van der Waals surface area contributed by atoms with Gasteiger partial charge < -0.3 is 49.1 Å². The van der Waals surface area contributed by atoms with Crippen LogP contribution >= 0.6 is 0 Å². The molecule has 2 fully saturated rings. The molecular formula is C52H71F3N10O4. The van der Waals surface area contributed by atoms with Gasteiger partial charge in [0.15, 0.2) is 0 Å². The number of nitrogens with two attached hydrogens (primary N) is 4. The van der Waals surface area contributed by atoms with Gasteiger partial charge in [-0.1, -0.05) is 78.9 Å². The molecule has 374 valence electrons. The summed E-state index contributed by atoms with van der Waals surface area (Å²) in [7, 11) is 0. The van der Waals surface area contributed by atoms with Crippen LogP contribution in [0.3, 0.4) is 0 Å². The van der Waals surface area contributed by atoms with Gasteiger partial charge in [-0.3, -0.25) is 24.1 Å². The fraction of sp³-hybridized carbons (Fsp3) is 0.462. The molecule has 2 heterocycles. The zero-order valence-corrected chi connectivity index (χ0v) is 39.6. The zero-order valence-electron chi connectivity index (χ0n) is 39.6. The van der Waals surface area contributed by atoms with E-state index in [0.29, 0.717) is 50.9 Å². The van der Waals surface area contributed by atoms with Crippen LogP contribution in [0.4, 0.5) is 24.5 Å². The second-order valence-electron chi connectivity index (χ2n) is 18.1. The van der Waals surface area contributed by atoms with Crippen molar-refractivity contribution in [2.24, 2.45) is 22.9 Å². The Labute approximate surface area is 404 Å². The summed E-state index contributed by atoms with van der Waals surface area (Å²) >= 11 is 0. The van der Waals surface area contributed by atoms with E-state index in [-0.39, 0.29) is 36.0 Å². The molecule has 0 radical (unpaired) electrons. The van der Waals surface area contributed by atoms with Gasteiger partial charge in [-0.25, -0.2) is 0 Å². The third kappa shape index (κ3) is 18.6. The highest BCUT2D eigenvalue weighted by molar-refractivity contribution is 5.98. The molecule has 0 unspecified atom stereocenters. The number of likely N-dealkylation sites (tertiary alicyclic amines) is 2. The third-order valence-electron chi connectivity index (χ3n) is 12.7. The lowest BCUT2D eigenvalue weighted by molar-refractivity contribution is -0.137. The van der Waals surface area contributed by atoms with Gasteiger partial charge >= 0.3 is 6.18 Å². The van der Waals surface area contributed by atoms with E-state index in [1.54, 1.807) is 0 Å². The summed E-state index contributed by atoms with van der Waals surface area (Å²) in [5, 5.41) is 11.1. The van der Waals surface area contributed by atoms with Gasteiger partial charge in [-0.15, -0.1) is 0 Å². The van der Waals surface area contributed by atoms with Gasteiger partial charge in [-0.2, -0.15) is 13.2 Å². The van der Waals surface area contributed by atoms with Gasteiger partial charge in [0.05, 0.1) is 17.6 Å². The number of halogens is 3. The maximum absolute atomic E-state index is 13.1. The van der Waals surface area contributed by atoms with Crippen LogP contribution in [0.15, 0.2) is 109 Å². The Balaban J connectivity index is 0.000000258. The van der Waals surface area contributed by atoms with Crippen LogP contribution in [-0.4, -0.2) is 109 Å². The number of anilines is 2. The maximum atomic E-state index is 13.1. The molecule has 4 aromatic carbocycles. The molecule has 2 saturated heterocycles. The van der Waals surface area contributed by atoms with Crippen LogP contribution in [0.1, 0.15) is 73.6 Å². The molecular weight excluding hydrogens is 886 g/mol. The Morgan fingerprint density at radius 3 is 1.65 bits per heavy atom. The van der Waals surface area contributed by atoms with Crippen LogP contribution in [0, 0.1) is 6.92 Å². The van der Waals surface area contributed by atoms with Crippen molar-refractivity contribution in [3.05, 3.63) is 131 Å². The van der Waals surface area contributed by atoms with Crippen molar-refractivity contribution in [3.63, 3.8) is 0 Å². The number of piperidine rings is 1. The molecule has 17 heteroatoms. The van der Waals surface area contributed by atoms with Crippen molar-refractivity contribution in [3.8, 4) is 0 Å². The lowest BCUT2D eigenvalue weighted by Crippen LogP contribution is -2.51. The summed E-state index contributed by atoms with van der Waals surface area (Å²) in [6, 6.07) is 28.8. The monoisotopic (exact) mass is 957 g/mol. The molecule has 0 saturated carbocycles. The molecule has 2 aliphatic rings. The minimum Gasteiger partial charge on any atom is -0.343 e. The predicted molar refractivity (Wildman–Crippen MR) is 266 cm³/mol. The van der Waals surface area contributed by atoms with E-state index in [1.807, 2.05) is 91.9 Å². The fourth-order valence-corrected chi connectivity index (χ4v) is 8.48. The smallest absolute Gasteiger partial charge is 0.343 e. The Kier molecular flexibility index (Phi) is 21.6. The lowest BCUT2D eigenvalue weighted by atomic mass is 10.0. The van der Waals surface area contributed by atoms with E-state index in [1.165, 1.54) is 12.1 Å². The Bertz CT molecular complexity index is 2210. The number of benzene rings is 4. The number of nitrogens with one attached hydrogen (secondary N) is 4. The number of hydrogen-bond acceptors (Lipinski definition) is 10. The standard InChI is InChI=1S/C26H34F3N5O2.C26H37N5O2/c27-26(28,29)19-8-4-9-20(16-19)32-25(36)23(12-11-18-6-2-1-3-7-18)33-24(35)22(31)13-15-34-14-5-10-21(34)17-30;1-19-6-5-9-22(18-19)29-26(33)24(11-10-20-7-3-2-4-8-20)30-25(32)23(28)14-17-31-15-12-21(27)13-16-31/h1-4,6-9,16,21-23H,5,10-15,17,30-31H2,(H,32,36)(H,33,35);2-9,18,21,23-24H,10-17,27-28H2,1H3,(H,29,33)(H,30,32)/t21-,22-,23-;23-,24-/m00/s1. The van der Waals surface area contributed by atoms with Crippen molar-refractivity contribution in [1.29, 1.82) is 0 Å². The first-order chi connectivity index (χ1) is 33.1. The van der Waals surface area contributed by atoms with E-state index < -0.39 is 47.7 Å².